The van der Waals surface area contributed by atoms with E-state index in [1.54, 1.807) is 21.8 Å². The molecule has 0 bridgehead atoms. The molecule has 1 amide bonds. The fourth-order valence-corrected chi connectivity index (χ4v) is 6.93. The Balaban J connectivity index is 1.18. The predicted molar refractivity (Wildman–Crippen MR) is 196 cm³/mol. The van der Waals surface area contributed by atoms with Crippen molar-refractivity contribution in [3.63, 3.8) is 0 Å². The summed E-state index contributed by atoms with van der Waals surface area (Å²) in [7, 11) is 2.09. The Morgan fingerprint density at radius 1 is 1.00 bits per heavy atom. The number of nitrogens with zero attached hydrogens (tertiary/aromatic N) is 10. The van der Waals surface area contributed by atoms with Crippen LogP contribution in [0.4, 0.5) is 15.4 Å². The van der Waals surface area contributed by atoms with E-state index in [1.807, 2.05) is 74.2 Å². The monoisotopic (exact) mass is 720 g/mol. The molecule has 0 aliphatic carbocycles. The van der Waals surface area contributed by atoms with Gasteiger partial charge in [-0.1, -0.05) is 42.5 Å². The average molecular weight is 721 g/mol. The van der Waals surface area contributed by atoms with Gasteiger partial charge in [-0.05, 0) is 64.4 Å². The molecule has 0 spiro atoms. The number of nitriles is 1. The number of carbonyl (C=O) groups is 2. The van der Waals surface area contributed by atoms with E-state index in [0.717, 1.165) is 41.6 Å². The zero-order valence-corrected chi connectivity index (χ0v) is 30.5. The third-order valence-electron chi connectivity index (χ3n) is 9.66. The van der Waals surface area contributed by atoms with Crippen molar-refractivity contribution in [2.75, 3.05) is 44.7 Å². The fraction of sp³-hybridized carbons (Fsp3) is 0.447. The number of imidazole rings is 1. The number of carbonyl (C=O) groups excluding carboxylic acids is 2. The average Bonchev–Trinajstić information content (AvgIpc) is 3.88. The maximum Gasteiger partial charge on any atom is 0.435 e. The number of hydrogen-bond donors (Lipinski definition) is 0. The van der Waals surface area contributed by atoms with Gasteiger partial charge in [-0.3, -0.25) is 0 Å². The molecule has 15 nitrogen and oxygen atoms in total. The second kappa shape index (κ2) is 15.1. The largest absolute Gasteiger partial charge is 0.461 e. The molecule has 5 heterocycles. The van der Waals surface area contributed by atoms with E-state index in [4.69, 9.17) is 29.3 Å². The first-order valence-electron chi connectivity index (χ1n) is 17.9. The number of likely N-dealkylation sites (N-methyl/N-ethyl adjacent to an activating group) is 1. The smallest absolute Gasteiger partial charge is 0.435 e. The van der Waals surface area contributed by atoms with Gasteiger partial charge >= 0.3 is 18.2 Å². The molecule has 53 heavy (non-hydrogen) atoms. The Morgan fingerprint density at radius 2 is 1.83 bits per heavy atom. The Hall–Kier alpha value is -5.75. The van der Waals surface area contributed by atoms with Crippen molar-refractivity contribution in [1.29, 1.82) is 5.26 Å². The molecule has 2 atom stereocenters. The quantitative estimate of drug-likeness (QED) is 0.200. The molecular weight excluding hydrogens is 676 g/mol. The third-order valence-corrected chi connectivity index (χ3v) is 9.66. The van der Waals surface area contributed by atoms with Gasteiger partial charge in [-0.15, -0.1) is 5.10 Å². The number of ether oxygens (including phenoxy) is 3. The first-order valence-corrected chi connectivity index (χ1v) is 17.9. The summed E-state index contributed by atoms with van der Waals surface area (Å²) in [6, 6.07) is 17.5. The first-order chi connectivity index (χ1) is 25.6. The number of piperazine rings is 1. The lowest BCUT2D eigenvalue weighted by Gasteiger charge is -2.40. The number of likely N-dealkylation sites (tertiary alicyclic amines) is 1. The van der Waals surface area contributed by atoms with Crippen LogP contribution in [0.2, 0.25) is 0 Å². The van der Waals surface area contributed by atoms with E-state index >= 15 is 0 Å². The minimum Gasteiger partial charge on any atom is -0.461 e. The van der Waals surface area contributed by atoms with Crippen LogP contribution in [0.15, 0.2) is 60.9 Å². The van der Waals surface area contributed by atoms with Gasteiger partial charge < -0.3 is 28.9 Å². The zero-order valence-electron chi connectivity index (χ0n) is 30.5. The van der Waals surface area contributed by atoms with Crippen molar-refractivity contribution in [2.24, 2.45) is 0 Å². The number of aromatic nitrogens is 6. The fourth-order valence-electron chi connectivity index (χ4n) is 6.93. The van der Waals surface area contributed by atoms with E-state index in [-0.39, 0.29) is 25.1 Å². The number of amides is 1. The van der Waals surface area contributed by atoms with Gasteiger partial charge in [0.2, 0.25) is 0 Å². The topological polar surface area (TPSA) is 156 Å². The van der Waals surface area contributed by atoms with Crippen LogP contribution < -0.4 is 9.64 Å². The van der Waals surface area contributed by atoms with E-state index in [1.165, 1.54) is 4.68 Å². The molecule has 15 heteroatoms. The van der Waals surface area contributed by atoms with Gasteiger partial charge in [-0.2, -0.15) is 20.0 Å². The van der Waals surface area contributed by atoms with Crippen LogP contribution in [0.3, 0.4) is 0 Å². The van der Waals surface area contributed by atoms with E-state index < -0.39 is 23.8 Å². The highest BCUT2D eigenvalue weighted by Crippen LogP contribution is 2.28. The number of rotatable bonds is 9. The summed E-state index contributed by atoms with van der Waals surface area (Å²) >= 11 is 0. The summed E-state index contributed by atoms with van der Waals surface area (Å²) in [6.45, 7) is 8.16. The normalized spacial score (nSPS) is 18.0. The molecule has 276 valence electrons. The highest BCUT2D eigenvalue weighted by atomic mass is 16.6. The summed E-state index contributed by atoms with van der Waals surface area (Å²) in [5.41, 5.74) is 3.08. The van der Waals surface area contributed by atoms with Gasteiger partial charge in [0.15, 0.2) is 11.5 Å². The third kappa shape index (κ3) is 7.87. The number of benzene rings is 2. The van der Waals surface area contributed by atoms with Gasteiger partial charge in [0.1, 0.15) is 18.8 Å². The molecule has 0 N–H and O–H groups in total. The first kappa shape index (κ1) is 35.6. The van der Waals surface area contributed by atoms with Crippen LogP contribution in [0, 0.1) is 11.3 Å². The van der Waals surface area contributed by atoms with Crippen molar-refractivity contribution < 1.29 is 23.8 Å². The molecule has 5 aromatic rings. The van der Waals surface area contributed by atoms with Gasteiger partial charge in [0.05, 0.1) is 42.1 Å². The molecule has 0 saturated carbocycles. The molecular formula is C38H44N10O5. The molecule has 0 radical (unpaired) electrons. The summed E-state index contributed by atoms with van der Waals surface area (Å²) in [6.07, 6.45) is 5.11. The molecule has 2 saturated heterocycles. The lowest BCUT2D eigenvalue weighted by atomic mass is 10.1. The Morgan fingerprint density at radius 3 is 2.58 bits per heavy atom. The Labute approximate surface area is 307 Å². The Bertz CT molecular complexity index is 2140. The minimum absolute atomic E-state index is 0.121. The predicted octanol–water partition coefficient (Wildman–Crippen LogP) is 5.06. The number of anilines is 1. The van der Waals surface area contributed by atoms with Crippen molar-refractivity contribution >= 4 is 34.6 Å². The summed E-state index contributed by atoms with van der Waals surface area (Å²) in [4.78, 5) is 41.8. The Kier molecular flexibility index (Phi) is 10.1. The highest BCUT2D eigenvalue weighted by molar-refractivity contribution is 5.90. The molecule has 2 aliphatic heterocycles. The van der Waals surface area contributed by atoms with Crippen molar-refractivity contribution in [3.8, 4) is 12.1 Å². The molecule has 3 aromatic heterocycles. The lowest BCUT2D eigenvalue weighted by molar-refractivity contribution is 0.0522. The summed E-state index contributed by atoms with van der Waals surface area (Å²) in [5.74, 6) is 0.553. The number of fused-ring (bicyclic) bond motifs is 2. The molecule has 2 unspecified atom stereocenters. The van der Waals surface area contributed by atoms with Crippen molar-refractivity contribution in [1.82, 2.24) is 39.2 Å². The van der Waals surface area contributed by atoms with E-state index in [9.17, 15) is 14.9 Å². The van der Waals surface area contributed by atoms with Crippen LogP contribution in [-0.4, -0.2) is 109 Å². The minimum atomic E-state index is -0.666. The van der Waals surface area contributed by atoms with Crippen molar-refractivity contribution in [2.45, 2.75) is 70.7 Å². The summed E-state index contributed by atoms with van der Waals surface area (Å²) < 4.78 is 20.5. The molecule has 7 rings (SSSR count). The van der Waals surface area contributed by atoms with Crippen LogP contribution >= 0.6 is 0 Å². The van der Waals surface area contributed by atoms with Crippen LogP contribution in [0.5, 0.6) is 6.01 Å². The van der Waals surface area contributed by atoms with Crippen molar-refractivity contribution in [3.05, 3.63) is 77.7 Å². The zero-order chi connectivity index (χ0) is 37.1. The maximum atomic E-state index is 13.3. The maximum absolute atomic E-state index is 13.3. The number of hydrogen-bond acceptors (Lipinski definition) is 12. The van der Waals surface area contributed by atoms with Gasteiger partial charge in [-0.25, -0.2) is 19.1 Å². The van der Waals surface area contributed by atoms with Crippen LogP contribution in [-0.2, 0) is 22.5 Å². The SMILES string of the molecule is CN1CCCC1COc1nc(N2CCN(C(=O)OCc3ccccc3)C(CC#N)C2)c2ncc(Cc3cccc4c3cnn4C(=O)OC(C)(C)C)n2n1. The standard InChI is InChI=1S/C38H44N10O5/c1-38(2,3)53-37(50)48-32-14-8-12-27(31(32)22-41-48)20-30-21-40-33-34(42-35(43-47(30)33)51-25-29-13-9-17-44(29)4)45-18-19-46(28(23-45)15-16-39)36(49)52-24-26-10-6-5-7-11-26/h5-8,10-12,14,21-22,28-29H,9,13,15,17-20,23-25H2,1-4H3. The summed E-state index contributed by atoms with van der Waals surface area (Å²) in [5, 5.41) is 19.7. The molecule has 2 aromatic carbocycles. The van der Waals surface area contributed by atoms with Gasteiger partial charge in [0, 0.05) is 37.5 Å². The molecule has 2 fully saturated rings. The lowest BCUT2D eigenvalue weighted by Crippen LogP contribution is -2.55. The van der Waals surface area contributed by atoms with E-state index in [0.29, 0.717) is 49.6 Å². The van der Waals surface area contributed by atoms with E-state index in [2.05, 4.69) is 23.1 Å². The highest BCUT2D eigenvalue weighted by Gasteiger charge is 2.34. The van der Waals surface area contributed by atoms with Crippen LogP contribution in [0.25, 0.3) is 16.6 Å². The molecule has 2 aliphatic rings. The van der Waals surface area contributed by atoms with Crippen LogP contribution in [0.1, 0.15) is 56.9 Å². The second-order valence-electron chi connectivity index (χ2n) is 14.5. The van der Waals surface area contributed by atoms with Gasteiger partial charge in [0.25, 0.3) is 0 Å². The second-order valence-corrected chi connectivity index (χ2v) is 14.5.